The van der Waals surface area contributed by atoms with Crippen LogP contribution in [0.1, 0.15) is 37.9 Å². The van der Waals surface area contributed by atoms with Crippen molar-refractivity contribution in [3.63, 3.8) is 0 Å². The quantitative estimate of drug-likeness (QED) is 0.852. The highest BCUT2D eigenvalue weighted by molar-refractivity contribution is 5.51. The Kier molecular flexibility index (Phi) is 3.33. The Morgan fingerprint density at radius 1 is 1.47 bits per heavy atom. The first kappa shape index (κ1) is 11.9. The fraction of sp³-hybridized carbons (Fsp3) is 0.462. The van der Waals surface area contributed by atoms with Gasteiger partial charge < -0.3 is 15.1 Å². The highest BCUT2D eigenvalue weighted by atomic mass is 16.3. The molecule has 0 bridgehead atoms. The van der Waals surface area contributed by atoms with Crippen LogP contribution >= 0.6 is 0 Å². The van der Waals surface area contributed by atoms with Gasteiger partial charge in [-0.25, -0.2) is 4.98 Å². The Balaban J connectivity index is 2.21. The van der Waals surface area contributed by atoms with Crippen LogP contribution in [0, 0.1) is 12.8 Å². The lowest BCUT2D eigenvalue weighted by Gasteiger charge is -2.15. The maximum absolute atomic E-state index is 6.12. The molecule has 0 radical (unpaired) electrons. The highest BCUT2D eigenvalue weighted by Gasteiger charge is 2.17. The summed E-state index contributed by atoms with van der Waals surface area (Å²) in [5.41, 5.74) is 7.00. The van der Waals surface area contributed by atoms with Crippen LogP contribution in [-0.4, -0.2) is 9.97 Å². The summed E-state index contributed by atoms with van der Waals surface area (Å²) in [4.78, 5) is 7.56. The molecular formula is C13H19N3O. The smallest absolute Gasteiger partial charge is 0.152 e. The monoisotopic (exact) mass is 233 g/mol. The average Bonchev–Trinajstić information content (AvgIpc) is 2.95. The third-order valence-electron chi connectivity index (χ3n) is 3.17. The van der Waals surface area contributed by atoms with Crippen molar-refractivity contribution in [2.45, 2.75) is 33.2 Å². The summed E-state index contributed by atoms with van der Waals surface area (Å²) in [6.45, 7) is 6.18. The molecule has 4 heteroatoms. The number of furan rings is 1. The van der Waals surface area contributed by atoms with E-state index in [9.17, 15) is 0 Å². The number of aromatic amines is 1. The molecular weight excluding hydrogens is 214 g/mol. The van der Waals surface area contributed by atoms with E-state index in [1.54, 1.807) is 6.20 Å². The standard InChI is InChI=1S/C13H19N3O/c1-4-8(2)12(14)13-15-7-10(16-13)11-6-5-9(3)17-11/h5-8,12H,4,14H2,1-3H3,(H,15,16). The number of nitrogens with two attached hydrogens (primary N) is 1. The summed E-state index contributed by atoms with van der Waals surface area (Å²) in [7, 11) is 0. The molecule has 0 aliphatic carbocycles. The van der Waals surface area contributed by atoms with Crippen LogP contribution in [0.4, 0.5) is 0 Å². The molecule has 17 heavy (non-hydrogen) atoms. The second-order valence-electron chi connectivity index (χ2n) is 4.50. The van der Waals surface area contributed by atoms with Crippen molar-refractivity contribution in [3.8, 4) is 11.5 Å². The highest BCUT2D eigenvalue weighted by Crippen LogP contribution is 2.24. The van der Waals surface area contributed by atoms with Gasteiger partial charge in [-0.3, -0.25) is 0 Å². The van der Waals surface area contributed by atoms with E-state index in [1.165, 1.54) is 0 Å². The number of hydrogen-bond donors (Lipinski definition) is 2. The Labute approximate surface area is 101 Å². The molecule has 0 saturated heterocycles. The van der Waals surface area contributed by atoms with Crippen molar-refractivity contribution in [3.05, 3.63) is 29.9 Å². The van der Waals surface area contributed by atoms with E-state index in [4.69, 9.17) is 10.2 Å². The van der Waals surface area contributed by atoms with Gasteiger partial charge >= 0.3 is 0 Å². The van der Waals surface area contributed by atoms with Gasteiger partial charge in [0.2, 0.25) is 0 Å². The fourth-order valence-electron chi connectivity index (χ4n) is 1.73. The molecule has 2 rings (SSSR count). The molecule has 0 aliphatic rings. The van der Waals surface area contributed by atoms with Crippen molar-refractivity contribution >= 4 is 0 Å². The number of aryl methyl sites for hydroxylation is 1. The predicted molar refractivity (Wildman–Crippen MR) is 67.4 cm³/mol. The molecule has 0 saturated carbocycles. The van der Waals surface area contributed by atoms with Crippen molar-refractivity contribution in [2.24, 2.45) is 11.7 Å². The molecule has 0 aliphatic heterocycles. The Morgan fingerprint density at radius 3 is 2.82 bits per heavy atom. The Hall–Kier alpha value is -1.55. The van der Waals surface area contributed by atoms with Crippen molar-refractivity contribution < 1.29 is 4.42 Å². The van der Waals surface area contributed by atoms with Gasteiger partial charge in [-0.2, -0.15) is 0 Å². The SMILES string of the molecule is CCC(C)C(N)c1ncc(-c2ccc(C)o2)[nH]1. The third kappa shape index (κ3) is 2.42. The van der Waals surface area contributed by atoms with E-state index >= 15 is 0 Å². The maximum Gasteiger partial charge on any atom is 0.152 e. The number of imidazole rings is 1. The summed E-state index contributed by atoms with van der Waals surface area (Å²) >= 11 is 0. The van der Waals surface area contributed by atoms with E-state index in [0.717, 1.165) is 29.5 Å². The van der Waals surface area contributed by atoms with Crippen molar-refractivity contribution in [1.29, 1.82) is 0 Å². The van der Waals surface area contributed by atoms with E-state index in [-0.39, 0.29) is 6.04 Å². The van der Waals surface area contributed by atoms with Gasteiger partial charge in [0.05, 0.1) is 12.2 Å². The number of H-pyrrole nitrogens is 1. The molecule has 0 fully saturated rings. The minimum absolute atomic E-state index is 0.0511. The number of nitrogens with zero attached hydrogens (tertiary/aromatic N) is 1. The van der Waals surface area contributed by atoms with E-state index in [2.05, 4.69) is 23.8 Å². The van der Waals surface area contributed by atoms with Crippen LogP contribution in [0.5, 0.6) is 0 Å². The molecule has 2 atom stereocenters. The number of aromatic nitrogens is 2. The van der Waals surface area contributed by atoms with Crippen LogP contribution in [-0.2, 0) is 0 Å². The molecule has 92 valence electrons. The van der Waals surface area contributed by atoms with Crippen LogP contribution in [0.15, 0.2) is 22.7 Å². The second kappa shape index (κ2) is 4.75. The zero-order valence-corrected chi connectivity index (χ0v) is 10.5. The zero-order valence-electron chi connectivity index (χ0n) is 10.5. The van der Waals surface area contributed by atoms with Gasteiger partial charge in [-0.1, -0.05) is 20.3 Å². The van der Waals surface area contributed by atoms with Gasteiger partial charge in [0, 0.05) is 0 Å². The lowest BCUT2D eigenvalue weighted by molar-refractivity contribution is 0.441. The molecule has 2 aromatic heterocycles. The van der Waals surface area contributed by atoms with E-state index < -0.39 is 0 Å². The Morgan fingerprint density at radius 2 is 2.24 bits per heavy atom. The van der Waals surface area contributed by atoms with Crippen molar-refractivity contribution in [1.82, 2.24) is 9.97 Å². The molecule has 4 nitrogen and oxygen atoms in total. The summed E-state index contributed by atoms with van der Waals surface area (Å²) in [6.07, 6.45) is 2.81. The average molecular weight is 233 g/mol. The molecule has 0 spiro atoms. The first-order valence-corrected chi connectivity index (χ1v) is 5.99. The minimum atomic E-state index is -0.0511. The first-order chi connectivity index (χ1) is 8.11. The van der Waals surface area contributed by atoms with Crippen LogP contribution in [0.25, 0.3) is 11.5 Å². The summed E-state index contributed by atoms with van der Waals surface area (Å²) in [6, 6.07) is 3.82. The van der Waals surface area contributed by atoms with Gasteiger partial charge in [0.15, 0.2) is 5.76 Å². The number of hydrogen-bond acceptors (Lipinski definition) is 3. The number of rotatable bonds is 4. The van der Waals surface area contributed by atoms with Gasteiger partial charge in [0.1, 0.15) is 17.3 Å². The molecule has 2 aromatic rings. The van der Waals surface area contributed by atoms with Gasteiger partial charge in [0.25, 0.3) is 0 Å². The predicted octanol–water partition coefficient (Wildman–Crippen LogP) is 3.02. The second-order valence-corrected chi connectivity index (χ2v) is 4.50. The lowest BCUT2D eigenvalue weighted by atomic mass is 10.00. The van der Waals surface area contributed by atoms with Crippen molar-refractivity contribution in [2.75, 3.05) is 0 Å². The van der Waals surface area contributed by atoms with Crippen LogP contribution in [0.2, 0.25) is 0 Å². The molecule has 2 heterocycles. The number of nitrogens with one attached hydrogen (secondary N) is 1. The van der Waals surface area contributed by atoms with Crippen LogP contribution < -0.4 is 5.73 Å². The van der Waals surface area contributed by atoms with Crippen LogP contribution in [0.3, 0.4) is 0 Å². The fourth-order valence-corrected chi connectivity index (χ4v) is 1.73. The summed E-state index contributed by atoms with van der Waals surface area (Å²) in [5.74, 6) is 2.93. The minimum Gasteiger partial charge on any atom is -0.460 e. The summed E-state index contributed by atoms with van der Waals surface area (Å²) < 4.78 is 5.54. The topological polar surface area (TPSA) is 67.8 Å². The summed E-state index contributed by atoms with van der Waals surface area (Å²) in [5, 5.41) is 0. The zero-order chi connectivity index (χ0) is 12.4. The molecule has 0 aromatic carbocycles. The first-order valence-electron chi connectivity index (χ1n) is 5.99. The van der Waals surface area contributed by atoms with Gasteiger partial charge in [-0.15, -0.1) is 0 Å². The Bertz CT molecular complexity index is 486. The molecule has 2 unspecified atom stereocenters. The third-order valence-corrected chi connectivity index (χ3v) is 3.17. The van der Waals surface area contributed by atoms with Gasteiger partial charge in [-0.05, 0) is 25.0 Å². The largest absolute Gasteiger partial charge is 0.460 e. The van der Waals surface area contributed by atoms with E-state index in [0.29, 0.717) is 5.92 Å². The normalized spacial score (nSPS) is 14.8. The van der Waals surface area contributed by atoms with E-state index in [1.807, 2.05) is 19.1 Å². The molecule has 3 N–H and O–H groups in total. The lowest BCUT2D eigenvalue weighted by Crippen LogP contribution is -2.19. The molecule has 0 amide bonds. The maximum atomic E-state index is 6.12.